The third-order valence-corrected chi connectivity index (χ3v) is 4.19. The number of amides is 1. The van der Waals surface area contributed by atoms with Crippen molar-refractivity contribution in [1.82, 2.24) is 10.2 Å². The monoisotopic (exact) mass is 274 g/mol. The van der Waals surface area contributed by atoms with Gasteiger partial charge in [-0.1, -0.05) is 31.2 Å². The Morgan fingerprint density at radius 1 is 1.30 bits per heavy atom. The fourth-order valence-corrected chi connectivity index (χ4v) is 2.72. The van der Waals surface area contributed by atoms with Gasteiger partial charge >= 0.3 is 0 Å². The van der Waals surface area contributed by atoms with Crippen LogP contribution in [0.25, 0.3) is 0 Å². The Labute approximate surface area is 122 Å². The summed E-state index contributed by atoms with van der Waals surface area (Å²) in [6.07, 6.45) is 4.16. The minimum absolute atomic E-state index is 0.177. The van der Waals surface area contributed by atoms with Gasteiger partial charge in [0.15, 0.2) is 0 Å². The van der Waals surface area contributed by atoms with Gasteiger partial charge in [0.2, 0.25) is 5.91 Å². The first-order valence-electron chi connectivity index (χ1n) is 7.74. The number of carbonyl (C=O) groups excluding carboxylic acids is 1. The average Bonchev–Trinajstić information content (AvgIpc) is 2.53. The van der Waals surface area contributed by atoms with Crippen molar-refractivity contribution in [2.24, 2.45) is 5.92 Å². The second kappa shape index (κ2) is 7.44. The molecule has 3 heteroatoms. The summed E-state index contributed by atoms with van der Waals surface area (Å²) in [5.41, 5.74) is 2.68. The maximum atomic E-state index is 12.3. The molecular formula is C17H26N2O. The normalized spacial score (nSPS) is 18.8. The predicted molar refractivity (Wildman–Crippen MR) is 82.8 cm³/mol. The lowest BCUT2D eigenvalue weighted by atomic mass is 9.98. The van der Waals surface area contributed by atoms with Gasteiger partial charge in [0, 0.05) is 20.1 Å². The second-order valence-corrected chi connectivity index (χ2v) is 5.72. The molecule has 0 aliphatic carbocycles. The van der Waals surface area contributed by atoms with Crippen molar-refractivity contribution in [3.8, 4) is 0 Å². The zero-order chi connectivity index (χ0) is 14.4. The smallest absolute Gasteiger partial charge is 0.226 e. The Morgan fingerprint density at radius 2 is 2.00 bits per heavy atom. The van der Waals surface area contributed by atoms with Crippen molar-refractivity contribution in [2.45, 2.75) is 32.6 Å². The Kier molecular flexibility index (Phi) is 5.60. The van der Waals surface area contributed by atoms with Crippen molar-refractivity contribution < 1.29 is 4.79 Å². The molecule has 0 aromatic heterocycles. The van der Waals surface area contributed by atoms with Crippen LogP contribution in [0.15, 0.2) is 24.3 Å². The zero-order valence-corrected chi connectivity index (χ0v) is 12.7. The Balaban J connectivity index is 1.81. The molecule has 1 atom stereocenters. The van der Waals surface area contributed by atoms with Crippen LogP contribution in [-0.2, 0) is 17.6 Å². The number of nitrogens with one attached hydrogen (secondary N) is 1. The highest BCUT2D eigenvalue weighted by Gasteiger charge is 2.23. The van der Waals surface area contributed by atoms with Gasteiger partial charge in [0.1, 0.15) is 0 Å². The number of carbonyl (C=O) groups is 1. The van der Waals surface area contributed by atoms with E-state index in [0.717, 1.165) is 45.3 Å². The van der Waals surface area contributed by atoms with Gasteiger partial charge in [-0.2, -0.15) is 0 Å². The molecule has 0 bridgehead atoms. The van der Waals surface area contributed by atoms with Crippen LogP contribution in [0.5, 0.6) is 0 Å². The lowest BCUT2D eigenvalue weighted by Crippen LogP contribution is -2.42. The first-order chi connectivity index (χ1) is 9.70. The fraction of sp³-hybridized carbons (Fsp3) is 0.588. The summed E-state index contributed by atoms with van der Waals surface area (Å²) in [7, 11) is 1.93. The third-order valence-electron chi connectivity index (χ3n) is 4.19. The van der Waals surface area contributed by atoms with Crippen LogP contribution in [0, 0.1) is 5.92 Å². The van der Waals surface area contributed by atoms with Gasteiger partial charge < -0.3 is 10.2 Å². The van der Waals surface area contributed by atoms with Crippen molar-refractivity contribution in [3.63, 3.8) is 0 Å². The fourth-order valence-electron chi connectivity index (χ4n) is 2.72. The van der Waals surface area contributed by atoms with Gasteiger partial charge in [-0.15, -0.1) is 0 Å². The molecule has 20 heavy (non-hydrogen) atoms. The molecule has 1 amide bonds. The van der Waals surface area contributed by atoms with Crippen LogP contribution < -0.4 is 5.32 Å². The van der Waals surface area contributed by atoms with Gasteiger partial charge in [0.25, 0.3) is 0 Å². The van der Waals surface area contributed by atoms with Crippen LogP contribution in [0.1, 0.15) is 30.9 Å². The predicted octanol–water partition coefficient (Wildman–Crippen LogP) is 2.25. The molecule has 1 saturated heterocycles. The van der Waals surface area contributed by atoms with Crippen molar-refractivity contribution in [1.29, 1.82) is 0 Å². The van der Waals surface area contributed by atoms with E-state index in [1.54, 1.807) is 0 Å². The first-order valence-corrected chi connectivity index (χ1v) is 7.74. The van der Waals surface area contributed by atoms with E-state index in [2.05, 4.69) is 36.5 Å². The van der Waals surface area contributed by atoms with E-state index < -0.39 is 0 Å². The van der Waals surface area contributed by atoms with Gasteiger partial charge in [-0.3, -0.25) is 4.79 Å². The number of benzene rings is 1. The minimum atomic E-state index is 0.177. The lowest BCUT2D eigenvalue weighted by molar-refractivity contribution is -0.134. The van der Waals surface area contributed by atoms with Crippen molar-refractivity contribution >= 4 is 5.91 Å². The van der Waals surface area contributed by atoms with E-state index in [1.807, 2.05) is 11.9 Å². The topological polar surface area (TPSA) is 32.3 Å². The van der Waals surface area contributed by atoms with E-state index in [1.165, 1.54) is 11.1 Å². The quantitative estimate of drug-likeness (QED) is 0.893. The molecule has 1 aromatic carbocycles. The van der Waals surface area contributed by atoms with Crippen LogP contribution in [-0.4, -0.2) is 37.5 Å². The Hall–Kier alpha value is -1.35. The van der Waals surface area contributed by atoms with E-state index >= 15 is 0 Å². The first kappa shape index (κ1) is 15.0. The van der Waals surface area contributed by atoms with E-state index in [-0.39, 0.29) is 5.92 Å². The van der Waals surface area contributed by atoms with E-state index in [9.17, 15) is 4.79 Å². The third kappa shape index (κ3) is 4.07. The maximum Gasteiger partial charge on any atom is 0.226 e. The van der Waals surface area contributed by atoms with Gasteiger partial charge in [-0.25, -0.2) is 0 Å². The molecule has 0 spiro atoms. The van der Waals surface area contributed by atoms with Crippen LogP contribution in [0.2, 0.25) is 0 Å². The van der Waals surface area contributed by atoms with Crippen molar-refractivity contribution in [3.05, 3.63) is 35.4 Å². The molecule has 1 aliphatic rings. The molecule has 1 aromatic rings. The SMILES string of the molecule is CCc1ccc(CCN(C)C(=O)C2CCCNC2)cc1. The van der Waals surface area contributed by atoms with Crippen LogP contribution in [0.3, 0.4) is 0 Å². The largest absolute Gasteiger partial charge is 0.345 e. The number of nitrogens with zero attached hydrogens (tertiary/aromatic N) is 1. The molecule has 0 saturated carbocycles. The number of aryl methyl sites for hydroxylation is 1. The van der Waals surface area contributed by atoms with Crippen LogP contribution in [0.4, 0.5) is 0 Å². The lowest BCUT2D eigenvalue weighted by Gasteiger charge is -2.27. The average molecular weight is 274 g/mol. The molecule has 1 heterocycles. The summed E-state index contributed by atoms with van der Waals surface area (Å²) in [6.45, 7) is 4.87. The molecule has 1 N–H and O–H groups in total. The summed E-state index contributed by atoms with van der Waals surface area (Å²) in [5, 5.41) is 3.31. The number of likely N-dealkylation sites (N-methyl/N-ethyl adjacent to an activating group) is 1. The maximum absolute atomic E-state index is 12.3. The summed E-state index contributed by atoms with van der Waals surface area (Å²) in [4.78, 5) is 14.2. The molecule has 2 rings (SSSR count). The summed E-state index contributed by atoms with van der Waals surface area (Å²) in [5.74, 6) is 0.471. The van der Waals surface area contributed by atoms with Crippen molar-refractivity contribution in [2.75, 3.05) is 26.7 Å². The molecule has 110 valence electrons. The number of hydrogen-bond acceptors (Lipinski definition) is 2. The number of rotatable bonds is 5. The summed E-state index contributed by atoms with van der Waals surface area (Å²) >= 11 is 0. The highest BCUT2D eigenvalue weighted by Crippen LogP contribution is 2.13. The second-order valence-electron chi connectivity index (χ2n) is 5.72. The summed E-state index contributed by atoms with van der Waals surface area (Å²) in [6, 6.07) is 8.73. The molecule has 3 nitrogen and oxygen atoms in total. The Morgan fingerprint density at radius 3 is 2.60 bits per heavy atom. The molecule has 1 fully saturated rings. The minimum Gasteiger partial charge on any atom is -0.345 e. The van der Waals surface area contributed by atoms with E-state index in [4.69, 9.17) is 0 Å². The van der Waals surface area contributed by atoms with Crippen LogP contribution >= 0.6 is 0 Å². The van der Waals surface area contributed by atoms with Gasteiger partial charge in [-0.05, 0) is 43.4 Å². The highest BCUT2D eigenvalue weighted by molar-refractivity contribution is 5.78. The molecule has 0 radical (unpaired) electrons. The molecule has 1 aliphatic heterocycles. The van der Waals surface area contributed by atoms with Gasteiger partial charge in [0.05, 0.1) is 5.92 Å². The van der Waals surface area contributed by atoms with E-state index in [0.29, 0.717) is 5.91 Å². The summed E-state index contributed by atoms with van der Waals surface area (Å²) < 4.78 is 0. The Bertz CT molecular complexity index is 421. The highest BCUT2D eigenvalue weighted by atomic mass is 16.2. The standard InChI is InChI=1S/C17H26N2O/c1-3-14-6-8-15(9-7-14)10-12-19(2)17(20)16-5-4-11-18-13-16/h6-9,16,18H,3-5,10-13H2,1-2H3. The molecule has 1 unspecified atom stereocenters. The number of piperidine rings is 1. The number of hydrogen-bond donors (Lipinski definition) is 1. The molecular weight excluding hydrogens is 248 g/mol. The zero-order valence-electron chi connectivity index (χ0n) is 12.7.